The minimum atomic E-state index is -0.266. The quantitative estimate of drug-likeness (QED) is 0.729. The molecule has 1 fully saturated rings. The summed E-state index contributed by atoms with van der Waals surface area (Å²) in [5.74, 6) is -0.579. The maximum Gasteiger partial charge on any atom is 0.261 e. The van der Waals surface area contributed by atoms with Crippen LogP contribution in [0.2, 0.25) is 0 Å². The van der Waals surface area contributed by atoms with E-state index in [0.717, 1.165) is 38.4 Å². The topological polar surface area (TPSA) is 79.0 Å². The summed E-state index contributed by atoms with van der Waals surface area (Å²) in [7, 11) is 0. The van der Waals surface area contributed by atoms with Crippen molar-refractivity contribution in [3.8, 4) is 0 Å². The van der Waals surface area contributed by atoms with Crippen LogP contribution in [0.5, 0.6) is 0 Å². The van der Waals surface area contributed by atoms with E-state index in [4.69, 9.17) is 4.74 Å². The van der Waals surface area contributed by atoms with Gasteiger partial charge >= 0.3 is 0 Å². The number of carbonyl (C=O) groups is 3. The first-order chi connectivity index (χ1) is 12.6. The summed E-state index contributed by atoms with van der Waals surface area (Å²) in [6.07, 6.45) is 0.767. The van der Waals surface area contributed by atoms with Crippen LogP contribution in [0, 0.1) is 6.92 Å². The van der Waals surface area contributed by atoms with Crippen molar-refractivity contribution in [1.82, 2.24) is 15.1 Å². The van der Waals surface area contributed by atoms with Crippen molar-refractivity contribution in [3.63, 3.8) is 0 Å². The predicted molar refractivity (Wildman–Crippen MR) is 96.0 cm³/mol. The highest BCUT2D eigenvalue weighted by atomic mass is 16.5. The third-order valence-corrected chi connectivity index (χ3v) is 4.77. The van der Waals surface area contributed by atoms with Crippen molar-refractivity contribution >= 4 is 17.7 Å². The van der Waals surface area contributed by atoms with E-state index >= 15 is 0 Å². The lowest BCUT2D eigenvalue weighted by atomic mass is 10.1. The molecule has 0 atom stereocenters. The standard InChI is InChI=1S/C19H25N3O4/c1-14-4-5-15-16(13-14)19(25)22(18(15)24)7-2-3-17(23)20-6-8-21-9-11-26-12-10-21/h4-5,13H,2-3,6-12H2,1H3,(H,20,23). The Morgan fingerprint density at radius 3 is 2.62 bits per heavy atom. The fourth-order valence-corrected chi connectivity index (χ4v) is 3.27. The summed E-state index contributed by atoms with van der Waals surface area (Å²) in [5, 5.41) is 2.89. The zero-order valence-electron chi connectivity index (χ0n) is 15.1. The highest BCUT2D eigenvalue weighted by Crippen LogP contribution is 2.24. The molecule has 7 nitrogen and oxygen atoms in total. The van der Waals surface area contributed by atoms with Gasteiger partial charge in [-0.3, -0.25) is 24.2 Å². The molecule has 2 aliphatic heterocycles. The van der Waals surface area contributed by atoms with E-state index in [1.807, 2.05) is 13.0 Å². The number of rotatable bonds is 7. The van der Waals surface area contributed by atoms with E-state index in [-0.39, 0.29) is 24.3 Å². The predicted octanol–water partition coefficient (Wildman–Crippen LogP) is 0.820. The fourth-order valence-electron chi connectivity index (χ4n) is 3.27. The number of nitrogens with zero attached hydrogens (tertiary/aromatic N) is 2. The average Bonchev–Trinajstić information content (AvgIpc) is 2.87. The second-order valence-electron chi connectivity index (χ2n) is 6.72. The Kier molecular flexibility index (Phi) is 6.00. The normalized spacial score (nSPS) is 17.5. The molecule has 0 unspecified atom stereocenters. The number of morpholine rings is 1. The molecule has 2 aliphatic rings. The van der Waals surface area contributed by atoms with Gasteiger partial charge in [-0.2, -0.15) is 0 Å². The van der Waals surface area contributed by atoms with Gasteiger partial charge in [0.05, 0.1) is 24.3 Å². The molecule has 1 aromatic carbocycles. The maximum atomic E-state index is 12.4. The van der Waals surface area contributed by atoms with E-state index in [1.165, 1.54) is 4.90 Å². The Balaban J connectivity index is 1.39. The molecular formula is C19H25N3O4. The zero-order chi connectivity index (χ0) is 18.5. The fraction of sp³-hybridized carbons (Fsp3) is 0.526. The molecule has 140 valence electrons. The van der Waals surface area contributed by atoms with Crippen molar-refractivity contribution in [2.24, 2.45) is 0 Å². The van der Waals surface area contributed by atoms with Gasteiger partial charge in [0, 0.05) is 39.1 Å². The van der Waals surface area contributed by atoms with Gasteiger partial charge in [0.2, 0.25) is 5.91 Å². The van der Waals surface area contributed by atoms with Crippen LogP contribution >= 0.6 is 0 Å². The Hall–Kier alpha value is -2.25. The van der Waals surface area contributed by atoms with E-state index < -0.39 is 0 Å². The van der Waals surface area contributed by atoms with Crippen LogP contribution in [0.1, 0.15) is 39.1 Å². The first-order valence-corrected chi connectivity index (χ1v) is 9.10. The summed E-state index contributed by atoms with van der Waals surface area (Å²) in [6.45, 7) is 6.86. The van der Waals surface area contributed by atoms with Crippen LogP contribution < -0.4 is 5.32 Å². The number of nitrogens with one attached hydrogen (secondary N) is 1. The highest BCUT2D eigenvalue weighted by Gasteiger charge is 2.34. The molecule has 26 heavy (non-hydrogen) atoms. The number of ether oxygens (including phenoxy) is 1. The SMILES string of the molecule is Cc1ccc2c(c1)C(=O)N(CCCC(=O)NCCN1CCOCC1)C2=O. The van der Waals surface area contributed by atoms with Gasteiger partial charge in [-0.15, -0.1) is 0 Å². The van der Waals surface area contributed by atoms with E-state index in [0.29, 0.717) is 30.5 Å². The number of benzene rings is 1. The average molecular weight is 359 g/mol. The number of hydrogen-bond acceptors (Lipinski definition) is 5. The van der Waals surface area contributed by atoms with Crippen molar-refractivity contribution in [1.29, 1.82) is 0 Å². The molecule has 3 amide bonds. The van der Waals surface area contributed by atoms with Crippen LogP contribution in [-0.4, -0.2) is 73.5 Å². The van der Waals surface area contributed by atoms with Gasteiger partial charge in [-0.25, -0.2) is 0 Å². The third-order valence-electron chi connectivity index (χ3n) is 4.77. The first-order valence-electron chi connectivity index (χ1n) is 9.10. The monoisotopic (exact) mass is 359 g/mol. The second-order valence-corrected chi connectivity index (χ2v) is 6.72. The maximum absolute atomic E-state index is 12.4. The highest BCUT2D eigenvalue weighted by molar-refractivity contribution is 6.21. The molecule has 0 aromatic heterocycles. The summed E-state index contributed by atoms with van der Waals surface area (Å²) >= 11 is 0. The number of imide groups is 1. The van der Waals surface area contributed by atoms with Crippen LogP contribution in [-0.2, 0) is 9.53 Å². The molecule has 0 radical (unpaired) electrons. The Morgan fingerprint density at radius 1 is 1.12 bits per heavy atom. The summed E-state index contributed by atoms with van der Waals surface area (Å²) in [6, 6.07) is 5.27. The molecule has 1 saturated heterocycles. The lowest BCUT2D eigenvalue weighted by molar-refractivity contribution is -0.121. The Bertz CT molecular complexity index is 698. The molecule has 2 heterocycles. The largest absolute Gasteiger partial charge is 0.379 e. The van der Waals surface area contributed by atoms with Gasteiger partial charge in [0.1, 0.15) is 0 Å². The minimum absolute atomic E-state index is 0.0503. The van der Waals surface area contributed by atoms with Crippen LogP contribution in [0.15, 0.2) is 18.2 Å². The number of amides is 3. The minimum Gasteiger partial charge on any atom is -0.379 e. The van der Waals surface area contributed by atoms with Gasteiger partial charge in [-0.05, 0) is 25.5 Å². The van der Waals surface area contributed by atoms with Crippen molar-refractivity contribution < 1.29 is 19.1 Å². The molecule has 0 spiro atoms. The van der Waals surface area contributed by atoms with Gasteiger partial charge in [0.25, 0.3) is 11.8 Å². The lowest BCUT2D eigenvalue weighted by Gasteiger charge is -2.26. The second kappa shape index (κ2) is 8.42. The van der Waals surface area contributed by atoms with Crippen molar-refractivity contribution in [3.05, 3.63) is 34.9 Å². The summed E-state index contributed by atoms with van der Waals surface area (Å²) < 4.78 is 5.29. The van der Waals surface area contributed by atoms with Crippen LogP contribution in [0.4, 0.5) is 0 Å². The van der Waals surface area contributed by atoms with Gasteiger partial charge in [-0.1, -0.05) is 11.6 Å². The molecule has 1 aromatic rings. The smallest absolute Gasteiger partial charge is 0.261 e. The summed E-state index contributed by atoms with van der Waals surface area (Å²) in [4.78, 5) is 40.1. The molecule has 3 rings (SSSR count). The van der Waals surface area contributed by atoms with Crippen LogP contribution in [0.3, 0.4) is 0 Å². The van der Waals surface area contributed by atoms with E-state index in [1.54, 1.807) is 12.1 Å². The number of fused-ring (bicyclic) bond motifs is 1. The Morgan fingerprint density at radius 2 is 1.85 bits per heavy atom. The molecular weight excluding hydrogens is 334 g/mol. The molecule has 0 aliphatic carbocycles. The van der Waals surface area contributed by atoms with Gasteiger partial charge < -0.3 is 10.1 Å². The number of aryl methyl sites for hydroxylation is 1. The molecule has 0 bridgehead atoms. The third kappa shape index (κ3) is 4.28. The van der Waals surface area contributed by atoms with Crippen molar-refractivity contribution in [2.45, 2.75) is 19.8 Å². The van der Waals surface area contributed by atoms with Crippen LogP contribution in [0.25, 0.3) is 0 Å². The first kappa shape index (κ1) is 18.5. The molecule has 7 heteroatoms. The van der Waals surface area contributed by atoms with Crippen molar-refractivity contribution in [2.75, 3.05) is 45.9 Å². The Labute approximate surface area is 153 Å². The molecule has 1 N–H and O–H groups in total. The van der Waals surface area contributed by atoms with E-state index in [2.05, 4.69) is 10.2 Å². The van der Waals surface area contributed by atoms with Gasteiger partial charge in [0.15, 0.2) is 0 Å². The summed E-state index contributed by atoms with van der Waals surface area (Å²) in [5.41, 5.74) is 1.87. The van der Waals surface area contributed by atoms with E-state index in [9.17, 15) is 14.4 Å². The molecule has 0 saturated carbocycles. The number of carbonyl (C=O) groups excluding carboxylic acids is 3. The lowest BCUT2D eigenvalue weighted by Crippen LogP contribution is -2.41. The number of hydrogen-bond donors (Lipinski definition) is 1. The zero-order valence-corrected chi connectivity index (χ0v) is 15.1.